The number of aromatic nitrogens is 3. The molecule has 0 fully saturated rings. The quantitative estimate of drug-likeness (QED) is 0.612. The lowest BCUT2D eigenvalue weighted by Crippen LogP contribution is -2.39. The Balaban J connectivity index is 2.75. The van der Waals surface area contributed by atoms with Crippen molar-refractivity contribution in [2.45, 2.75) is 25.6 Å². The van der Waals surface area contributed by atoms with Crippen LogP contribution in [0.3, 0.4) is 0 Å². The van der Waals surface area contributed by atoms with Crippen LogP contribution in [0.1, 0.15) is 18.7 Å². The van der Waals surface area contributed by atoms with E-state index in [4.69, 9.17) is 10.8 Å². The van der Waals surface area contributed by atoms with E-state index in [-0.39, 0.29) is 12.6 Å². The lowest BCUT2D eigenvalue weighted by Gasteiger charge is -2.16. The van der Waals surface area contributed by atoms with Crippen LogP contribution < -0.4 is 5.73 Å². The topological polar surface area (TPSA) is 103 Å². The van der Waals surface area contributed by atoms with Gasteiger partial charge < -0.3 is 15.6 Å². The van der Waals surface area contributed by atoms with Gasteiger partial charge in [0.1, 0.15) is 11.7 Å². The number of aliphatic hydroxyl groups excluding tert-OH is 1. The Bertz CT molecular complexity index is 338. The number of hydrogen-bond donors (Lipinski definition) is 2. The first-order chi connectivity index (χ1) is 7.10. The normalized spacial score (nSPS) is 14.7. The highest BCUT2D eigenvalue weighted by Gasteiger charge is 2.23. The molecule has 0 saturated heterocycles. The van der Waals surface area contributed by atoms with E-state index in [1.165, 1.54) is 18.0 Å². The summed E-state index contributed by atoms with van der Waals surface area (Å²) in [6.45, 7) is 1.53. The highest BCUT2D eigenvalue weighted by Crippen LogP contribution is 2.09. The SMILES string of the molecule is COC(=O)C(N)C(C)n1cc(CO)nn1. The van der Waals surface area contributed by atoms with Crippen LogP contribution >= 0.6 is 0 Å². The predicted octanol–water partition coefficient (Wildman–Crippen LogP) is -1.17. The maximum absolute atomic E-state index is 11.1. The number of aliphatic hydroxyl groups is 1. The van der Waals surface area contributed by atoms with Gasteiger partial charge in [0.15, 0.2) is 0 Å². The van der Waals surface area contributed by atoms with Crippen molar-refractivity contribution in [3.63, 3.8) is 0 Å². The molecule has 2 unspecified atom stereocenters. The lowest BCUT2D eigenvalue weighted by molar-refractivity contribution is -0.143. The third-order valence-corrected chi connectivity index (χ3v) is 2.13. The van der Waals surface area contributed by atoms with Crippen LogP contribution in [0.15, 0.2) is 6.20 Å². The average Bonchev–Trinajstić information content (AvgIpc) is 2.74. The summed E-state index contributed by atoms with van der Waals surface area (Å²) in [5, 5.41) is 16.2. The molecular formula is C8H14N4O3. The molecule has 7 heteroatoms. The zero-order valence-electron chi connectivity index (χ0n) is 8.62. The summed E-state index contributed by atoms with van der Waals surface area (Å²) < 4.78 is 5.94. The standard InChI is InChI=1S/C8H14N4O3/c1-5(7(9)8(14)15-2)12-3-6(4-13)10-11-12/h3,5,7,13H,4,9H2,1-2H3. The molecule has 0 bridgehead atoms. The van der Waals surface area contributed by atoms with Gasteiger partial charge in [0.05, 0.1) is 26.0 Å². The van der Waals surface area contributed by atoms with Gasteiger partial charge >= 0.3 is 5.97 Å². The minimum atomic E-state index is -0.803. The van der Waals surface area contributed by atoms with Crippen LogP contribution in [0.4, 0.5) is 0 Å². The van der Waals surface area contributed by atoms with Crippen molar-refractivity contribution in [1.29, 1.82) is 0 Å². The first-order valence-electron chi connectivity index (χ1n) is 4.45. The third-order valence-electron chi connectivity index (χ3n) is 2.13. The van der Waals surface area contributed by atoms with Crippen LogP contribution in [-0.2, 0) is 16.1 Å². The number of nitrogens with zero attached hydrogens (tertiary/aromatic N) is 3. The summed E-state index contributed by atoms with van der Waals surface area (Å²) in [6, 6.07) is -1.17. The Hall–Kier alpha value is -1.47. The summed E-state index contributed by atoms with van der Waals surface area (Å²) in [5.74, 6) is -0.511. The molecule has 0 amide bonds. The van der Waals surface area contributed by atoms with Crippen molar-refractivity contribution in [3.05, 3.63) is 11.9 Å². The van der Waals surface area contributed by atoms with Crippen molar-refractivity contribution in [2.24, 2.45) is 5.73 Å². The number of rotatable bonds is 4. The van der Waals surface area contributed by atoms with E-state index in [1.54, 1.807) is 6.92 Å². The molecule has 1 heterocycles. The highest BCUT2D eigenvalue weighted by atomic mass is 16.5. The lowest BCUT2D eigenvalue weighted by atomic mass is 10.1. The Labute approximate surface area is 86.8 Å². The number of methoxy groups -OCH3 is 1. The fourth-order valence-corrected chi connectivity index (χ4v) is 1.08. The van der Waals surface area contributed by atoms with Crippen LogP contribution in [0.2, 0.25) is 0 Å². The molecule has 84 valence electrons. The highest BCUT2D eigenvalue weighted by molar-refractivity contribution is 5.75. The van der Waals surface area contributed by atoms with Crippen LogP contribution in [0.5, 0.6) is 0 Å². The van der Waals surface area contributed by atoms with Gasteiger partial charge in [-0.25, -0.2) is 4.68 Å². The van der Waals surface area contributed by atoms with Crippen molar-refractivity contribution < 1.29 is 14.6 Å². The molecule has 3 N–H and O–H groups in total. The maximum Gasteiger partial charge on any atom is 0.324 e. The fraction of sp³-hybridized carbons (Fsp3) is 0.625. The number of nitrogens with two attached hydrogens (primary N) is 1. The van der Waals surface area contributed by atoms with Crippen molar-refractivity contribution in [1.82, 2.24) is 15.0 Å². The summed E-state index contributed by atoms with van der Waals surface area (Å²) in [6.07, 6.45) is 1.54. The second-order valence-electron chi connectivity index (χ2n) is 3.14. The first kappa shape index (κ1) is 11.6. The molecule has 2 atom stereocenters. The van der Waals surface area contributed by atoms with Crippen LogP contribution in [0.25, 0.3) is 0 Å². The Morgan fingerprint density at radius 1 is 1.80 bits per heavy atom. The van der Waals surface area contributed by atoms with Gasteiger partial charge in [-0.05, 0) is 6.92 Å². The van der Waals surface area contributed by atoms with E-state index in [0.717, 1.165) is 0 Å². The van der Waals surface area contributed by atoms with Gasteiger partial charge in [-0.1, -0.05) is 5.21 Å². The molecule has 0 saturated carbocycles. The zero-order valence-corrected chi connectivity index (χ0v) is 8.62. The molecule has 1 aromatic rings. The van der Waals surface area contributed by atoms with Crippen molar-refractivity contribution in [3.8, 4) is 0 Å². The zero-order chi connectivity index (χ0) is 11.4. The molecule has 1 rings (SSSR count). The summed E-state index contributed by atoms with van der Waals surface area (Å²) >= 11 is 0. The van der Waals surface area contributed by atoms with Crippen LogP contribution in [-0.4, -0.2) is 39.2 Å². The van der Waals surface area contributed by atoms with E-state index in [1.807, 2.05) is 0 Å². The molecule has 0 spiro atoms. The van der Waals surface area contributed by atoms with E-state index in [0.29, 0.717) is 5.69 Å². The number of carbonyl (C=O) groups excluding carboxylic acids is 1. The minimum Gasteiger partial charge on any atom is -0.468 e. The molecule has 0 radical (unpaired) electrons. The number of hydrogen-bond acceptors (Lipinski definition) is 6. The molecular weight excluding hydrogens is 200 g/mol. The van der Waals surface area contributed by atoms with Gasteiger partial charge in [0, 0.05) is 0 Å². The first-order valence-corrected chi connectivity index (χ1v) is 4.45. The molecule has 0 aliphatic carbocycles. The Kier molecular flexibility index (Phi) is 3.75. The van der Waals surface area contributed by atoms with Gasteiger partial charge in [0.25, 0.3) is 0 Å². The summed E-state index contributed by atoms with van der Waals surface area (Å²) in [4.78, 5) is 11.1. The summed E-state index contributed by atoms with van der Waals surface area (Å²) in [5.41, 5.74) is 6.06. The number of carbonyl (C=O) groups is 1. The van der Waals surface area contributed by atoms with E-state index < -0.39 is 12.0 Å². The predicted molar refractivity (Wildman–Crippen MR) is 50.6 cm³/mol. The van der Waals surface area contributed by atoms with Gasteiger partial charge in [-0.15, -0.1) is 5.10 Å². The smallest absolute Gasteiger partial charge is 0.324 e. The third kappa shape index (κ3) is 2.51. The van der Waals surface area contributed by atoms with Gasteiger partial charge in [-0.3, -0.25) is 4.79 Å². The monoisotopic (exact) mass is 214 g/mol. The number of ether oxygens (including phenoxy) is 1. The Morgan fingerprint density at radius 3 is 2.93 bits per heavy atom. The average molecular weight is 214 g/mol. The van der Waals surface area contributed by atoms with Gasteiger partial charge in [-0.2, -0.15) is 0 Å². The van der Waals surface area contributed by atoms with E-state index in [2.05, 4.69) is 15.0 Å². The van der Waals surface area contributed by atoms with Gasteiger partial charge in [0.2, 0.25) is 0 Å². The molecule has 15 heavy (non-hydrogen) atoms. The van der Waals surface area contributed by atoms with Crippen LogP contribution in [0, 0.1) is 0 Å². The fourth-order valence-electron chi connectivity index (χ4n) is 1.08. The Morgan fingerprint density at radius 2 is 2.47 bits per heavy atom. The molecule has 0 aromatic carbocycles. The number of esters is 1. The molecule has 0 aliphatic rings. The maximum atomic E-state index is 11.1. The van der Waals surface area contributed by atoms with E-state index in [9.17, 15) is 4.79 Å². The molecule has 1 aromatic heterocycles. The second-order valence-corrected chi connectivity index (χ2v) is 3.14. The molecule has 7 nitrogen and oxygen atoms in total. The second kappa shape index (κ2) is 4.85. The van der Waals surface area contributed by atoms with Crippen molar-refractivity contribution in [2.75, 3.05) is 7.11 Å². The largest absolute Gasteiger partial charge is 0.468 e. The van der Waals surface area contributed by atoms with Crippen molar-refractivity contribution >= 4 is 5.97 Å². The van der Waals surface area contributed by atoms with E-state index >= 15 is 0 Å². The minimum absolute atomic E-state index is 0.194. The molecule has 0 aliphatic heterocycles. The summed E-state index contributed by atoms with van der Waals surface area (Å²) in [7, 11) is 1.27.